The molecule has 1 aliphatic heterocycles. The van der Waals surface area contributed by atoms with Crippen LogP contribution in [0.3, 0.4) is 0 Å². The van der Waals surface area contributed by atoms with Crippen LogP contribution in [0.1, 0.15) is 33.6 Å². The van der Waals surface area contributed by atoms with Gasteiger partial charge in [0.05, 0.1) is 0 Å². The Morgan fingerprint density at radius 1 is 1.56 bits per heavy atom. The van der Waals surface area contributed by atoms with Gasteiger partial charge in [-0.3, -0.25) is 10.1 Å². The summed E-state index contributed by atoms with van der Waals surface area (Å²) in [6.45, 7) is 7.83. The average Bonchev–Trinajstić information content (AvgIpc) is 2.24. The van der Waals surface area contributed by atoms with Gasteiger partial charge in [-0.25, -0.2) is 0 Å². The first-order valence-electron chi connectivity index (χ1n) is 6.08. The van der Waals surface area contributed by atoms with Gasteiger partial charge < -0.3 is 4.74 Å². The molecule has 4 heteroatoms. The molecule has 16 heavy (non-hydrogen) atoms. The van der Waals surface area contributed by atoms with Crippen molar-refractivity contribution in [3.8, 4) is 0 Å². The van der Waals surface area contributed by atoms with Crippen molar-refractivity contribution in [2.45, 2.75) is 39.8 Å². The predicted molar refractivity (Wildman–Crippen MR) is 68.4 cm³/mol. The van der Waals surface area contributed by atoms with E-state index in [4.69, 9.17) is 4.74 Å². The zero-order chi connectivity index (χ0) is 12.0. The van der Waals surface area contributed by atoms with Gasteiger partial charge in [-0.2, -0.15) is 0 Å². The van der Waals surface area contributed by atoms with E-state index in [1.807, 2.05) is 0 Å². The maximum atomic E-state index is 11.0. The molecule has 0 aromatic rings. The number of carbonyl (C=O) groups excluding carboxylic acids is 1. The normalized spacial score (nSPS) is 26.0. The van der Waals surface area contributed by atoms with Crippen LogP contribution in [-0.2, 0) is 9.53 Å². The molecule has 3 nitrogen and oxygen atoms in total. The van der Waals surface area contributed by atoms with Crippen LogP contribution < -0.4 is 5.32 Å². The van der Waals surface area contributed by atoms with Gasteiger partial charge in [0.15, 0.2) is 5.12 Å². The highest BCUT2D eigenvalue weighted by Gasteiger charge is 2.25. The minimum atomic E-state index is 0.142. The second-order valence-corrected chi connectivity index (χ2v) is 6.00. The van der Waals surface area contributed by atoms with Crippen LogP contribution in [0, 0.1) is 11.8 Å². The fourth-order valence-electron chi connectivity index (χ4n) is 1.82. The first-order valence-corrected chi connectivity index (χ1v) is 7.06. The van der Waals surface area contributed by atoms with Crippen LogP contribution in [0.15, 0.2) is 0 Å². The summed E-state index contributed by atoms with van der Waals surface area (Å²) in [5.41, 5.74) is 0. The van der Waals surface area contributed by atoms with Crippen molar-refractivity contribution in [2.75, 3.05) is 18.9 Å². The van der Waals surface area contributed by atoms with Crippen LogP contribution in [0.25, 0.3) is 0 Å². The lowest BCUT2D eigenvalue weighted by atomic mass is 10.0. The number of carbonyl (C=O) groups is 1. The van der Waals surface area contributed by atoms with Gasteiger partial charge in [-0.1, -0.05) is 25.6 Å². The fraction of sp³-hybridized carbons (Fsp3) is 0.917. The highest BCUT2D eigenvalue weighted by molar-refractivity contribution is 8.13. The summed E-state index contributed by atoms with van der Waals surface area (Å²) in [5.74, 6) is 1.98. The zero-order valence-corrected chi connectivity index (χ0v) is 11.3. The van der Waals surface area contributed by atoms with E-state index in [9.17, 15) is 4.79 Å². The average molecular weight is 245 g/mol. The first kappa shape index (κ1) is 14.0. The predicted octanol–water partition coefficient (Wildman–Crippen LogP) is 2.26. The lowest BCUT2D eigenvalue weighted by Gasteiger charge is -2.32. The molecule has 0 aromatic carbocycles. The van der Waals surface area contributed by atoms with Crippen LogP contribution in [0.2, 0.25) is 0 Å². The van der Waals surface area contributed by atoms with E-state index in [1.54, 1.807) is 6.92 Å². The Hall–Kier alpha value is -0.0600. The molecule has 94 valence electrons. The van der Waals surface area contributed by atoms with E-state index in [2.05, 4.69) is 19.2 Å². The first-order chi connectivity index (χ1) is 7.59. The van der Waals surface area contributed by atoms with Gasteiger partial charge in [0.1, 0.15) is 6.23 Å². The van der Waals surface area contributed by atoms with E-state index >= 15 is 0 Å². The third-order valence-electron chi connectivity index (χ3n) is 2.67. The maximum absolute atomic E-state index is 11.0. The number of ether oxygens (including phenoxy) is 1. The molecular formula is C12H23NO2S. The van der Waals surface area contributed by atoms with Gasteiger partial charge in [0.2, 0.25) is 0 Å². The number of hydrogen-bond acceptors (Lipinski definition) is 4. The smallest absolute Gasteiger partial charge is 0.185 e. The summed E-state index contributed by atoms with van der Waals surface area (Å²) in [6.07, 6.45) is 2.42. The third kappa shape index (κ3) is 5.32. The number of thioether (sulfide) groups is 1. The monoisotopic (exact) mass is 245 g/mol. The zero-order valence-electron chi connectivity index (χ0n) is 10.5. The molecule has 0 radical (unpaired) electrons. The van der Waals surface area contributed by atoms with Crippen molar-refractivity contribution in [3.05, 3.63) is 0 Å². The molecule has 0 amide bonds. The summed E-state index contributed by atoms with van der Waals surface area (Å²) in [6, 6.07) is 0. The Labute approximate surface area is 103 Å². The number of rotatable bonds is 5. The molecule has 0 aromatic heterocycles. The summed E-state index contributed by atoms with van der Waals surface area (Å²) in [5, 5.41) is 3.65. The Bertz CT molecular complexity index is 221. The number of hydrogen-bond donors (Lipinski definition) is 1. The minimum Gasteiger partial charge on any atom is -0.363 e. The SMILES string of the molecule is CC(=O)SCC1CCCOC1NCC(C)C. The van der Waals surface area contributed by atoms with Gasteiger partial charge in [-0.05, 0) is 25.3 Å². The van der Waals surface area contributed by atoms with Crippen LogP contribution in [0.5, 0.6) is 0 Å². The number of nitrogens with one attached hydrogen (secondary N) is 1. The Balaban J connectivity index is 2.34. The van der Waals surface area contributed by atoms with E-state index in [-0.39, 0.29) is 11.3 Å². The van der Waals surface area contributed by atoms with Crippen molar-refractivity contribution in [3.63, 3.8) is 0 Å². The van der Waals surface area contributed by atoms with Crippen LogP contribution >= 0.6 is 11.8 Å². The Morgan fingerprint density at radius 3 is 2.94 bits per heavy atom. The van der Waals surface area contributed by atoms with Gasteiger partial charge in [0, 0.05) is 25.2 Å². The fourth-order valence-corrected chi connectivity index (χ4v) is 2.61. The standard InChI is InChI=1S/C12H23NO2S/c1-9(2)7-13-12-11(5-4-6-15-12)8-16-10(3)14/h9,11-13H,4-8H2,1-3H3. The molecule has 0 aliphatic carbocycles. The highest BCUT2D eigenvalue weighted by atomic mass is 32.2. The molecule has 1 saturated heterocycles. The maximum Gasteiger partial charge on any atom is 0.185 e. The van der Waals surface area contributed by atoms with Gasteiger partial charge >= 0.3 is 0 Å². The van der Waals surface area contributed by atoms with Crippen molar-refractivity contribution in [1.29, 1.82) is 0 Å². The summed E-state index contributed by atoms with van der Waals surface area (Å²) < 4.78 is 5.74. The second-order valence-electron chi connectivity index (χ2n) is 4.80. The van der Waals surface area contributed by atoms with E-state index in [0.717, 1.165) is 31.7 Å². The Morgan fingerprint density at radius 2 is 2.31 bits per heavy atom. The molecule has 0 saturated carbocycles. The molecule has 1 fully saturated rings. The van der Waals surface area contributed by atoms with Crippen molar-refractivity contribution in [2.24, 2.45) is 11.8 Å². The highest BCUT2D eigenvalue weighted by Crippen LogP contribution is 2.23. The van der Waals surface area contributed by atoms with Crippen molar-refractivity contribution in [1.82, 2.24) is 5.32 Å². The summed E-state index contributed by atoms with van der Waals surface area (Å²) in [7, 11) is 0. The molecule has 2 unspecified atom stereocenters. The molecule has 1 aliphatic rings. The van der Waals surface area contributed by atoms with Crippen molar-refractivity contribution < 1.29 is 9.53 Å². The lowest BCUT2D eigenvalue weighted by molar-refractivity contribution is -0.109. The second kappa shape index (κ2) is 7.30. The lowest BCUT2D eigenvalue weighted by Crippen LogP contribution is -2.44. The van der Waals surface area contributed by atoms with Crippen LogP contribution in [-0.4, -0.2) is 30.2 Å². The van der Waals surface area contributed by atoms with E-state index in [1.165, 1.54) is 11.8 Å². The molecule has 0 spiro atoms. The van der Waals surface area contributed by atoms with E-state index < -0.39 is 0 Å². The molecule has 1 N–H and O–H groups in total. The van der Waals surface area contributed by atoms with E-state index in [0.29, 0.717) is 11.8 Å². The largest absolute Gasteiger partial charge is 0.363 e. The topological polar surface area (TPSA) is 38.3 Å². The Kier molecular flexibility index (Phi) is 6.39. The van der Waals surface area contributed by atoms with Gasteiger partial charge in [0.25, 0.3) is 0 Å². The molecular weight excluding hydrogens is 222 g/mol. The summed E-state index contributed by atoms with van der Waals surface area (Å²) >= 11 is 1.42. The minimum absolute atomic E-state index is 0.142. The quantitative estimate of drug-likeness (QED) is 0.806. The third-order valence-corrected chi connectivity index (χ3v) is 3.67. The molecule has 2 atom stereocenters. The molecule has 1 rings (SSSR count). The van der Waals surface area contributed by atoms with Crippen molar-refractivity contribution >= 4 is 16.9 Å². The van der Waals surface area contributed by atoms with Gasteiger partial charge in [-0.15, -0.1) is 0 Å². The molecule has 0 bridgehead atoms. The summed E-state index contributed by atoms with van der Waals surface area (Å²) in [4.78, 5) is 11.0. The molecule has 1 heterocycles. The van der Waals surface area contributed by atoms with Crippen LogP contribution in [0.4, 0.5) is 0 Å².